The van der Waals surface area contributed by atoms with Crippen LogP contribution in [-0.4, -0.2) is 45.5 Å². The van der Waals surface area contributed by atoms with Gasteiger partial charge in [-0.05, 0) is 31.9 Å². The van der Waals surface area contributed by atoms with E-state index in [0.717, 1.165) is 37.4 Å². The lowest BCUT2D eigenvalue weighted by Crippen LogP contribution is -2.39. The Morgan fingerprint density at radius 3 is 2.74 bits per heavy atom. The van der Waals surface area contributed by atoms with Crippen molar-refractivity contribution in [3.05, 3.63) is 47.8 Å². The van der Waals surface area contributed by atoms with Crippen molar-refractivity contribution in [2.75, 3.05) is 20.2 Å². The summed E-state index contributed by atoms with van der Waals surface area (Å²) in [5.74, 6) is 0.975. The van der Waals surface area contributed by atoms with Gasteiger partial charge in [0.25, 0.3) is 5.91 Å². The molecule has 6 nitrogen and oxygen atoms in total. The van der Waals surface area contributed by atoms with E-state index in [0.29, 0.717) is 18.3 Å². The Morgan fingerprint density at radius 1 is 1.30 bits per heavy atom. The summed E-state index contributed by atoms with van der Waals surface area (Å²) in [7, 11) is 1.68. The molecule has 0 aliphatic carbocycles. The third kappa shape index (κ3) is 3.27. The molecule has 122 valence electrons. The second-order valence-corrected chi connectivity index (χ2v) is 5.86. The molecule has 1 fully saturated rings. The van der Waals surface area contributed by atoms with Crippen LogP contribution in [0.25, 0.3) is 0 Å². The van der Waals surface area contributed by atoms with Gasteiger partial charge in [-0.3, -0.25) is 9.78 Å². The highest BCUT2D eigenvalue weighted by molar-refractivity contribution is 5.92. The van der Waals surface area contributed by atoms with Crippen LogP contribution in [0.5, 0.6) is 0 Å². The zero-order chi connectivity index (χ0) is 16.2. The monoisotopic (exact) mass is 314 g/mol. The smallest absolute Gasteiger partial charge is 0.272 e. The van der Waals surface area contributed by atoms with Crippen molar-refractivity contribution in [3.8, 4) is 0 Å². The molecule has 23 heavy (non-hydrogen) atoms. The van der Waals surface area contributed by atoms with Crippen LogP contribution >= 0.6 is 0 Å². The van der Waals surface area contributed by atoms with Crippen molar-refractivity contribution < 1.29 is 9.53 Å². The molecular weight excluding hydrogens is 292 g/mol. The summed E-state index contributed by atoms with van der Waals surface area (Å²) in [6, 6.07) is 5.81. The van der Waals surface area contributed by atoms with Crippen LogP contribution in [0, 0.1) is 6.92 Å². The Morgan fingerprint density at radius 2 is 2.09 bits per heavy atom. The zero-order valence-electron chi connectivity index (χ0n) is 13.6. The first-order valence-corrected chi connectivity index (χ1v) is 7.92. The fourth-order valence-electron chi connectivity index (χ4n) is 3.21. The normalized spacial score (nSPS) is 15.8. The number of amides is 1. The van der Waals surface area contributed by atoms with E-state index < -0.39 is 0 Å². The topological polar surface area (TPSA) is 60.2 Å². The molecule has 0 radical (unpaired) electrons. The van der Waals surface area contributed by atoms with Gasteiger partial charge in [-0.15, -0.1) is 0 Å². The number of ether oxygens (including phenoxy) is 1. The van der Waals surface area contributed by atoms with Crippen LogP contribution in [0.15, 0.2) is 30.6 Å². The van der Waals surface area contributed by atoms with Gasteiger partial charge in [-0.25, -0.2) is 4.98 Å². The number of methoxy groups -OCH3 is 1. The number of likely N-dealkylation sites (tertiary alicyclic amines) is 1. The average Bonchev–Trinajstić information content (AvgIpc) is 2.96. The maximum Gasteiger partial charge on any atom is 0.272 e. The van der Waals surface area contributed by atoms with Crippen molar-refractivity contribution >= 4 is 5.91 Å². The lowest BCUT2D eigenvalue weighted by atomic mass is 10.0. The number of imidazole rings is 1. The van der Waals surface area contributed by atoms with Gasteiger partial charge in [0.15, 0.2) is 0 Å². The summed E-state index contributed by atoms with van der Waals surface area (Å²) in [6.07, 6.45) is 5.39. The van der Waals surface area contributed by atoms with E-state index in [1.54, 1.807) is 19.4 Å². The second kappa shape index (κ2) is 6.91. The van der Waals surface area contributed by atoms with E-state index in [2.05, 4.69) is 21.5 Å². The molecule has 1 saturated heterocycles. The summed E-state index contributed by atoms with van der Waals surface area (Å²) < 4.78 is 7.49. The van der Waals surface area contributed by atoms with Crippen LogP contribution in [0.1, 0.15) is 40.9 Å². The van der Waals surface area contributed by atoms with E-state index in [1.165, 1.54) is 0 Å². The lowest BCUT2D eigenvalue weighted by molar-refractivity contribution is 0.0684. The van der Waals surface area contributed by atoms with Crippen molar-refractivity contribution in [1.29, 1.82) is 0 Å². The average molecular weight is 314 g/mol. The Bertz CT molecular complexity index is 660. The molecule has 1 aliphatic heterocycles. The highest BCUT2D eigenvalue weighted by atomic mass is 16.5. The molecule has 2 aromatic rings. The van der Waals surface area contributed by atoms with E-state index in [4.69, 9.17) is 4.74 Å². The number of aromatic nitrogens is 3. The van der Waals surface area contributed by atoms with Crippen molar-refractivity contribution in [3.63, 3.8) is 0 Å². The predicted molar refractivity (Wildman–Crippen MR) is 86.1 cm³/mol. The van der Waals surface area contributed by atoms with Gasteiger partial charge < -0.3 is 14.2 Å². The molecule has 0 saturated carbocycles. The number of hydrogen-bond acceptors (Lipinski definition) is 4. The van der Waals surface area contributed by atoms with Crippen molar-refractivity contribution in [2.45, 2.75) is 32.4 Å². The number of aryl methyl sites for hydroxylation is 1. The number of pyridine rings is 1. The Balaban J connectivity index is 1.67. The molecule has 0 spiro atoms. The van der Waals surface area contributed by atoms with E-state index in [-0.39, 0.29) is 5.91 Å². The Kier molecular flexibility index (Phi) is 4.71. The van der Waals surface area contributed by atoms with Gasteiger partial charge >= 0.3 is 0 Å². The fourth-order valence-corrected chi connectivity index (χ4v) is 3.21. The Hall–Kier alpha value is -2.21. The standard InChI is InChI=1S/C17H22N4O2/c1-13-11-19-16(12-23-2)21(13)14-6-9-20(10-7-14)17(22)15-5-3-4-8-18-15/h3-5,8,11,14H,6-7,9-10,12H2,1-2H3. The van der Waals surface area contributed by atoms with Crippen LogP contribution in [0.4, 0.5) is 0 Å². The summed E-state index contributed by atoms with van der Waals surface area (Å²) in [5, 5.41) is 0. The molecule has 0 bridgehead atoms. The molecule has 0 N–H and O–H groups in total. The van der Waals surface area contributed by atoms with Gasteiger partial charge in [0.05, 0.1) is 0 Å². The maximum atomic E-state index is 12.5. The Labute approximate surface area is 136 Å². The van der Waals surface area contributed by atoms with Gasteiger partial charge in [0.1, 0.15) is 18.1 Å². The first-order chi connectivity index (χ1) is 11.2. The number of carbonyl (C=O) groups excluding carboxylic acids is 1. The molecule has 0 atom stereocenters. The highest BCUT2D eigenvalue weighted by Gasteiger charge is 2.27. The van der Waals surface area contributed by atoms with Crippen LogP contribution < -0.4 is 0 Å². The lowest BCUT2D eigenvalue weighted by Gasteiger charge is -2.33. The minimum atomic E-state index is 0.0171. The first-order valence-electron chi connectivity index (χ1n) is 7.92. The van der Waals surface area contributed by atoms with Crippen LogP contribution in [0.2, 0.25) is 0 Å². The van der Waals surface area contributed by atoms with E-state index in [9.17, 15) is 4.79 Å². The maximum absolute atomic E-state index is 12.5. The molecule has 2 aromatic heterocycles. The largest absolute Gasteiger partial charge is 0.377 e. The fraction of sp³-hybridized carbons (Fsp3) is 0.471. The van der Waals surface area contributed by atoms with Crippen LogP contribution in [0.3, 0.4) is 0 Å². The summed E-state index contributed by atoms with van der Waals surface area (Å²) in [4.78, 5) is 22.9. The SMILES string of the molecule is COCc1ncc(C)n1C1CCN(C(=O)c2ccccn2)CC1. The van der Waals surface area contributed by atoms with E-state index >= 15 is 0 Å². The van der Waals surface area contributed by atoms with Gasteiger partial charge in [-0.1, -0.05) is 6.07 Å². The number of rotatable bonds is 4. The number of piperidine rings is 1. The van der Waals surface area contributed by atoms with Crippen LogP contribution in [-0.2, 0) is 11.3 Å². The molecular formula is C17H22N4O2. The molecule has 1 amide bonds. The molecule has 3 heterocycles. The van der Waals surface area contributed by atoms with Gasteiger partial charge in [0.2, 0.25) is 0 Å². The summed E-state index contributed by atoms with van der Waals surface area (Å²) >= 11 is 0. The van der Waals surface area contributed by atoms with Gasteiger partial charge in [0, 0.05) is 44.3 Å². The third-order valence-corrected chi connectivity index (χ3v) is 4.33. The number of hydrogen-bond donors (Lipinski definition) is 0. The van der Waals surface area contributed by atoms with Crippen molar-refractivity contribution in [2.24, 2.45) is 0 Å². The molecule has 6 heteroatoms. The quantitative estimate of drug-likeness (QED) is 0.868. The number of carbonyl (C=O) groups is 1. The first kappa shape index (κ1) is 15.7. The molecule has 1 aliphatic rings. The van der Waals surface area contributed by atoms with E-state index in [1.807, 2.05) is 23.2 Å². The highest BCUT2D eigenvalue weighted by Crippen LogP contribution is 2.26. The van der Waals surface area contributed by atoms with Crippen molar-refractivity contribution in [1.82, 2.24) is 19.4 Å². The minimum Gasteiger partial charge on any atom is -0.377 e. The molecule has 0 aromatic carbocycles. The third-order valence-electron chi connectivity index (χ3n) is 4.33. The predicted octanol–water partition coefficient (Wildman–Crippen LogP) is 2.21. The van der Waals surface area contributed by atoms with Gasteiger partial charge in [-0.2, -0.15) is 0 Å². The molecule has 3 rings (SSSR count). The minimum absolute atomic E-state index is 0.0171. The molecule has 0 unspecified atom stereocenters. The summed E-state index contributed by atoms with van der Waals surface area (Å²) in [5.41, 5.74) is 1.66. The number of nitrogens with zero attached hydrogens (tertiary/aromatic N) is 4. The second-order valence-electron chi connectivity index (χ2n) is 5.86. The summed E-state index contributed by atoms with van der Waals surface area (Å²) in [6.45, 7) is 4.06. The zero-order valence-corrected chi connectivity index (χ0v) is 13.6.